The molecule has 4 heteroatoms. The van der Waals surface area contributed by atoms with Crippen LogP contribution in [-0.2, 0) is 16.2 Å². The third-order valence-electron chi connectivity index (χ3n) is 19.9. The van der Waals surface area contributed by atoms with Crippen LogP contribution in [0, 0.1) is 22.7 Å². The Balaban J connectivity index is 0.980. The van der Waals surface area contributed by atoms with Crippen LogP contribution >= 0.6 is 0 Å². The Labute approximate surface area is 442 Å². The first kappa shape index (κ1) is 45.4. The molecule has 364 valence electrons. The predicted octanol–water partition coefficient (Wildman–Crippen LogP) is 17.8. The maximum atomic E-state index is 9.73. The Morgan fingerprint density at radius 3 is 1.35 bits per heavy atom. The van der Waals surface area contributed by atoms with E-state index in [1.807, 2.05) is 24.3 Å². The minimum absolute atomic E-state index is 0.0584. The van der Waals surface area contributed by atoms with E-state index in [-0.39, 0.29) is 21.9 Å². The number of hydrogen-bond donors (Lipinski definition) is 0. The molecule has 9 aromatic rings. The lowest BCUT2D eigenvalue weighted by molar-refractivity contribution is 0.195. The third kappa shape index (κ3) is 6.09. The molecule has 2 fully saturated rings. The summed E-state index contributed by atoms with van der Waals surface area (Å²) in [4.78, 5) is 5.21. The highest BCUT2D eigenvalue weighted by Gasteiger charge is 2.59. The molecule has 4 nitrogen and oxygen atoms in total. The van der Waals surface area contributed by atoms with Gasteiger partial charge in [-0.05, 0) is 202 Å². The highest BCUT2D eigenvalue weighted by molar-refractivity contribution is 6.10. The van der Waals surface area contributed by atoms with Crippen LogP contribution in [0.1, 0.15) is 124 Å². The molecule has 0 bridgehead atoms. The van der Waals surface area contributed by atoms with Gasteiger partial charge in [-0.25, -0.2) is 0 Å². The first-order chi connectivity index (χ1) is 36.6. The molecule has 0 radical (unpaired) electrons. The van der Waals surface area contributed by atoms with Crippen molar-refractivity contribution in [3.63, 3.8) is 0 Å². The van der Waals surface area contributed by atoms with E-state index in [0.717, 1.165) is 37.1 Å². The van der Waals surface area contributed by atoms with Crippen molar-refractivity contribution in [2.24, 2.45) is 0 Å². The van der Waals surface area contributed by atoms with Crippen molar-refractivity contribution in [3.8, 4) is 45.5 Å². The molecule has 5 aliphatic rings. The van der Waals surface area contributed by atoms with Crippen LogP contribution in [0.15, 0.2) is 194 Å². The molecular formula is C71H60N4. The summed E-state index contributed by atoms with van der Waals surface area (Å²) < 4.78 is 0. The van der Waals surface area contributed by atoms with Crippen molar-refractivity contribution in [1.29, 1.82) is 10.5 Å². The highest BCUT2D eigenvalue weighted by atomic mass is 15.3. The van der Waals surface area contributed by atoms with Gasteiger partial charge in [0.1, 0.15) is 0 Å². The molecule has 0 aromatic heterocycles. The summed E-state index contributed by atoms with van der Waals surface area (Å²) in [6.07, 6.45) is 9.28. The SMILES string of the molecule is CC12CCCCC1(C)N(c1ccc(C#N)cc1)c1ccc(-c3ccc4c(c3)C(c3ccccc3)(c3ccccc3)c3cc(-c5ccc6c(c5)C5(C)CCCCC5(C)N6c5ccc(C#N)cc5)c5ccccc5c3-4)cc12. The number of nitrogens with zero attached hydrogens (tertiary/aromatic N) is 4. The molecule has 9 aromatic carbocycles. The monoisotopic (exact) mass is 968 g/mol. The number of fused-ring (bicyclic) bond motifs is 11. The van der Waals surface area contributed by atoms with Gasteiger partial charge in [-0.2, -0.15) is 10.5 Å². The zero-order chi connectivity index (χ0) is 50.9. The van der Waals surface area contributed by atoms with Crippen molar-refractivity contribution in [2.75, 3.05) is 9.80 Å². The maximum absolute atomic E-state index is 9.73. The second-order valence-corrected chi connectivity index (χ2v) is 23.2. The van der Waals surface area contributed by atoms with E-state index in [9.17, 15) is 10.5 Å². The van der Waals surface area contributed by atoms with Crippen molar-refractivity contribution in [3.05, 3.63) is 239 Å². The molecule has 3 aliphatic carbocycles. The molecule has 0 saturated heterocycles. The van der Waals surface area contributed by atoms with E-state index >= 15 is 0 Å². The van der Waals surface area contributed by atoms with Crippen molar-refractivity contribution in [1.82, 2.24) is 0 Å². The first-order valence-electron chi connectivity index (χ1n) is 27.3. The van der Waals surface area contributed by atoms with E-state index in [1.165, 1.54) is 115 Å². The van der Waals surface area contributed by atoms with Crippen LogP contribution in [0.25, 0.3) is 44.2 Å². The molecule has 75 heavy (non-hydrogen) atoms. The average molecular weight is 969 g/mol. The zero-order valence-electron chi connectivity index (χ0n) is 43.4. The second-order valence-electron chi connectivity index (χ2n) is 23.2. The molecule has 4 atom stereocenters. The van der Waals surface area contributed by atoms with Gasteiger partial charge in [0.15, 0.2) is 0 Å². The number of rotatable bonds is 6. The van der Waals surface area contributed by atoms with Crippen LogP contribution < -0.4 is 9.80 Å². The summed E-state index contributed by atoms with van der Waals surface area (Å²) in [5.74, 6) is 0. The molecule has 2 aliphatic heterocycles. The van der Waals surface area contributed by atoms with Gasteiger partial charge in [0.05, 0.1) is 39.8 Å². The van der Waals surface area contributed by atoms with Gasteiger partial charge >= 0.3 is 0 Å². The van der Waals surface area contributed by atoms with E-state index in [1.54, 1.807) is 0 Å². The molecule has 0 spiro atoms. The predicted molar refractivity (Wildman–Crippen MR) is 307 cm³/mol. The normalized spacial score (nSPS) is 23.5. The van der Waals surface area contributed by atoms with Crippen molar-refractivity contribution < 1.29 is 0 Å². The number of nitriles is 2. The lowest BCUT2D eigenvalue weighted by atomic mass is 9.61. The molecule has 14 rings (SSSR count). The summed E-state index contributed by atoms with van der Waals surface area (Å²) in [6.45, 7) is 9.99. The van der Waals surface area contributed by atoms with Gasteiger partial charge in [0.25, 0.3) is 0 Å². The van der Waals surface area contributed by atoms with Gasteiger partial charge < -0.3 is 9.80 Å². The lowest BCUT2D eigenvalue weighted by Gasteiger charge is -2.50. The molecule has 2 saturated carbocycles. The van der Waals surface area contributed by atoms with Crippen LogP contribution in [0.5, 0.6) is 0 Å². The van der Waals surface area contributed by atoms with E-state index in [2.05, 4.69) is 219 Å². The van der Waals surface area contributed by atoms with Gasteiger partial charge in [-0.1, -0.05) is 149 Å². The molecule has 0 amide bonds. The van der Waals surface area contributed by atoms with Crippen LogP contribution in [-0.4, -0.2) is 11.1 Å². The number of benzene rings is 9. The van der Waals surface area contributed by atoms with Crippen molar-refractivity contribution in [2.45, 2.75) is 106 Å². The van der Waals surface area contributed by atoms with Gasteiger partial charge in [-0.15, -0.1) is 0 Å². The Morgan fingerprint density at radius 2 is 0.827 bits per heavy atom. The summed E-state index contributed by atoms with van der Waals surface area (Å²) in [5, 5.41) is 22.0. The Bertz CT molecular complexity index is 3840. The van der Waals surface area contributed by atoms with Crippen LogP contribution in [0.3, 0.4) is 0 Å². The smallest absolute Gasteiger partial charge is 0.0991 e. The van der Waals surface area contributed by atoms with E-state index in [0.29, 0.717) is 11.1 Å². The largest absolute Gasteiger partial charge is 0.334 e. The lowest BCUT2D eigenvalue weighted by Crippen LogP contribution is -2.54. The van der Waals surface area contributed by atoms with Gasteiger partial charge in [0.2, 0.25) is 0 Å². The molecular weight excluding hydrogens is 909 g/mol. The fourth-order valence-electron chi connectivity index (χ4n) is 15.8. The van der Waals surface area contributed by atoms with E-state index in [4.69, 9.17) is 0 Å². The topological polar surface area (TPSA) is 54.1 Å². The second kappa shape index (κ2) is 16.4. The fraction of sp³-hybridized carbons (Fsp3) is 0.239. The Kier molecular flexibility index (Phi) is 9.94. The highest BCUT2D eigenvalue weighted by Crippen LogP contribution is 2.65. The quantitative estimate of drug-likeness (QED) is 0.167. The fourth-order valence-corrected chi connectivity index (χ4v) is 15.8. The average Bonchev–Trinajstić information content (AvgIpc) is 4.00. The van der Waals surface area contributed by atoms with Gasteiger partial charge in [0, 0.05) is 33.6 Å². The minimum atomic E-state index is -0.629. The minimum Gasteiger partial charge on any atom is -0.334 e. The maximum Gasteiger partial charge on any atom is 0.0991 e. The molecule has 2 heterocycles. The van der Waals surface area contributed by atoms with Crippen LogP contribution in [0.2, 0.25) is 0 Å². The summed E-state index contributed by atoms with van der Waals surface area (Å²) in [5.41, 5.74) is 20.7. The molecule has 4 unspecified atom stereocenters. The van der Waals surface area contributed by atoms with Crippen LogP contribution in [0.4, 0.5) is 22.7 Å². The number of hydrogen-bond acceptors (Lipinski definition) is 4. The third-order valence-corrected chi connectivity index (χ3v) is 19.9. The summed E-state index contributed by atoms with van der Waals surface area (Å²) in [7, 11) is 0. The van der Waals surface area contributed by atoms with Gasteiger partial charge in [-0.3, -0.25) is 0 Å². The first-order valence-corrected chi connectivity index (χ1v) is 27.3. The standard InChI is InChI=1S/C71H60N4/c1-67-37-13-15-39-69(67,3)74(54-30-23-47(45-72)24-31-54)64-35-28-50(42-61(64)67)49-27-34-58-60(41-49)71(52-17-7-5-8-18-52,53-19-9-6-10-20-53)63-44-59(56-21-11-12-22-57(56)66(58)63)51-29-36-65-62(43-51)68(2)38-14-16-40-70(68,4)75(65)55-32-25-48(46-73)26-33-55/h5-12,17-36,41-44H,13-16,37-40H2,1-4H3. The zero-order valence-corrected chi connectivity index (χ0v) is 43.4. The number of anilines is 4. The molecule has 0 N–H and O–H groups in total. The summed E-state index contributed by atoms with van der Waals surface area (Å²) in [6, 6.07) is 77.4. The van der Waals surface area contributed by atoms with Crippen molar-refractivity contribution >= 4 is 33.5 Å². The summed E-state index contributed by atoms with van der Waals surface area (Å²) >= 11 is 0. The Morgan fingerprint density at radius 1 is 0.387 bits per heavy atom. The van der Waals surface area contributed by atoms with E-state index < -0.39 is 5.41 Å². The Hall–Kier alpha value is -8.18.